The number of unbranched alkanes of at least 4 members (excludes halogenated alkanes) is 2. The number of rotatable bonds is 9. The largest absolute Gasteiger partial charge is 0.456 e. The van der Waals surface area contributed by atoms with E-state index in [1.54, 1.807) is 42.5 Å². The molecule has 6 nitrogen and oxygen atoms in total. The highest BCUT2D eigenvalue weighted by molar-refractivity contribution is 6.36. The Hall–Kier alpha value is -3.55. The second kappa shape index (κ2) is 11.9. The van der Waals surface area contributed by atoms with Crippen LogP contribution in [0.1, 0.15) is 47.9 Å². The Morgan fingerprint density at radius 2 is 1.28 bits per heavy atom. The molecular formula is C36H28Cl4N2O4. The molecule has 0 unspecified atom stereocenters. The molecule has 4 aliphatic rings. The summed E-state index contributed by atoms with van der Waals surface area (Å²) < 4.78 is 5.79. The fourth-order valence-electron chi connectivity index (χ4n) is 7.19. The molecule has 234 valence electrons. The van der Waals surface area contributed by atoms with Crippen LogP contribution in [0.5, 0.6) is 11.5 Å². The van der Waals surface area contributed by atoms with Gasteiger partial charge in [-0.1, -0.05) is 78.2 Å². The van der Waals surface area contributed by atoms with Gasteiger partial charge < -0.3 is 10.1 Å². The van der Waals surface area contributed by atoms with Crippen molar-refractivity contribution in [1.29, 1.82) is 0 Å². The predicted molar refractivity (Wildman–Crippen MR) is 180 cm³/mol. The minimum atomic E-state index is -1.18. The summed E-state index contributed by atoms with van der Waals surface area (Å²) in [6.07, 6.45) is 2.12. The first kappa shape index (κ1) is 31.1. The lowest BCUT2D eigenvalue weighted by molar-refractivity contribution is -0.140. The van der Waals surface area contributed by atoms with Crippen molar-refractivity contribution in [3.05, 3.63) is 123 Å². The number of ether oxygens (including phenoxy) is 1. The van der Waals surface area contributed by atoms with Gasteiger partial charge in [0.2, 0.25) is 17.7 Å². The van der Waals surface area contributed by atoms with Crippen LogP contribution in [0.3, 0.4) is 0 Å². The molecule has 0 spiro atoms. The number of anilines is 1. The zero-order valence-electron chi connectivity index (χ0n) is 24.4. The van der Waals surface area contributed by atoms with Gasteiger partial charge in [0.15, 0.2) is 0 Å². The quantitative estimate of drug-likeness (QED) is 0.108. The number of halogens is 4. The standard InChI is InChI=1S/C36H28Cl4N2O4/c37-21-13-18-29(28(38)20-21)46-23-16-14-22(15-17-23)41-30(43)12-2-1-7-19-42-33(44)31-32(34(42)45)36(40)25-9-4-3-8-24(25)35(31,39)26-10-5-6-11-27(26)36/h3-6,8-11,13-18,20,31-32H,1-2,7,12,19H2,(H,41,43)/t31-,32+,35?,36?. The second-order valence-corrected chi connectivity index (χ2v) is 13.9. The summed E-state index contributed by atoms with van der Waals surface area (Å²) in [5.74, 6) is -1.26. The minimum absolute atomic E-state index is 0.131. The van der Waals surface area contributed by atoms with Crippen molar-refractivity contribution in [2.75, 3.05) is 11.9 Å². The first-order valence-electron chi connectivity index (χ1n) is 15.1. The van der Waals surface area contributed by atoms with Gasteiger partial charge in [-0.05, 0) is 77.6 Å². The number of hydrogen-bond donors (Lipinski definition) is 1. The molecule has 0 radical (unpaired) electrons. The highest BCUT2D eigenvalue weighted by Gasteiger charge is 2.72. The summed E-state index contributed by atoms with van der Waals surface area (Å²) in [6.45, 7) is 0.248. The van der Waals surface area contributed by atoms with Gasteiger partial charge in [-0.15, -0.1) is 23.2 Å². The van der Waals surface area contributed by atoms with E-state index in [1.807, 2.05) is 48.5 Å². The van der Waals surface area contributed by atoms with Crippen molar-refractivity contribution in [3.63, 3.8) is 0 Å². The molecule has 0 saturated carbocycles. The Morgan fingerprint density at radius 1 is 0.739 bits per heavy atom. The van der Waals surface area contributed by atoms with Crippen molar-refractivity contribution in [1.82, 2.24) is 4.90 Å². The fourth-order valence-corrected chi connectivity index (χ4v) is 8.74. The van der Waals surface area contributed by atoms with Gasteiger partial charge in [-0.3, -0.25) is 19.3 Å². The third-order valence-corrected chi connectivity index (χ3v) is 11.0. The zero-order valence-corrected chi connectivity index (χ0v) is 27.5. The van der Waals surface area contributed by atoms with E-state index in [4.69, 9.17) is 51.1 Å². The number of amides is 3. The SMILES string of the molecule is O=C(CCCCCN1C(=O)[C@@H]2[C@H](C1=O)C1(Cl)c3ccccc3C2(Cl)c2ccccc21)Nc1ccc(Oc2ccc(Cl)cc2Cl)cc1. The smallest absolute Gasteiger partial charge is 0.235 e. The number of imide groups is 1. The van der Waals surface area contributed by atoms with Gasteiger partial charge in [-0.25, -0.2) is 0 Å². The first-order valence-corrected chi connectivity index (χ1v) is 16.6. The summed E-state index contributed by atoms with van der Waals surface area (Å²) in [7, 11) is 0. The van der Waals surface area contributed by atoms with E-state index in [1.165, 1.54) is 4.90 Å². The lowest BCUT2D eigenvalue weighted by Crippen LogP contribution is -2.57. The molecule has 4 aromatic rings. The van der Waals surface area contributed by atoms with Crippen molar-refractivity contribution in [3.8, 4) is 11.5 Å². The Balaban J connectivity index is 0.949. The molecule has 46 heavy (non-hydrogen) atoms. The normalized spacial score (nSPS) is 24.0. The number of carbonyl (C=O) groups is 3. The van der Waals surface area contributed by atoms with Gasteiger partial charge in [0.25, 0.3) is 0 Å². The van der Waals surface area contributed by atoms with Crippen LogP contribution in [-0.4, -0.2) is 29.2 Å². The molecule has 3 amide bonds. The Morgan fingerprint density at radius 3 is 1.80 bits per heavy atom. The summed E-state index contributed by atoms with van der Waals surface area (Å²) in [5.41, 5.74) is 3.78. The van der Waals surface area contributed by atoms with Crippen molar-refractivity contribution < 1.29 is 19.1 Å². The van der Waals surface area contributed by atoms with Gasteiger partial charge in [-0.2, -0.15) is 0 Å². The van der Waals surface area contributed by atoms with Gasteiger partial charge in [0.05, 0.1) is 16.9 Å². The maximum Gasteiger partial charge on any atom is 0.235 e. The molecule has 1 N–H and O–H groups in total. The molecule has 8 rings (SSSR count). The summed E-state index contributed by atoms with van der Waals surface area (Å²) in [4.78, 5) is 39.4. The van der Waals surface area contributed by atoms with Crippen LogP contribution in [0.4, 0.5) is 5.69 Å². The number of nitrogens with zero attached hydrogens (tertiary/aromatic N) is 1. The van der Waals surface area contributed by atoms with Crippen molar-refractivity contribution in [2.45, 2.75) is 35.4 Å². The molecule has 2 atom stereocenters. The van der Waals surface area contributed by atoms with Crippen molar-refractivity contribution in [2.24, 2.45) is 11.8 Å². The minimum Gasteiger partial charge on any atom is -0.456 e. The summed E-state index contributed by atoms with van der Waals surface area (Å²) in [5, 5.41) is 3.80. The molecule has 3 aliphatic carbocycles. The Labute approximate surface area is 286 Å². The molecule has 0 aromatic heterocycles. The van der Waals surface area contributed by atoms with E-state index in [-0.39, 0.29) is 24.3 Å². The third kappa shape index (κ3) is 4.89. The average Bonchev–Trinajstić information content (AvgIpc) is 3.32. The van der Waals surface area contributed by atoms with Gasteiger partial charge >= 0.3 is 0 Å². The number of likely N-dealkylation sites (tertiary alicyclic amines) is 1. The summed E-state index contributed by atoms with van der Waals surface area (Å²) in [6, 6.07) is 27.2. The van der Waals surface area contributed by atoms with Crippen LogP contribution in [-0.2, 0) is 24.1 Å². The predicted octanol–water partition coefficient (Wildman–Crippen LogP) is 8.88. The third-order valence-electron chi connectivity index (χ3n) is 9.22. The van der Waals surface area contributed by atoms with E-state index in [2.05, 4.69) is 5.32 Å². The second-order valence-electron chi connectivity index (χ2n) is 11.9. The zero-order chi connectivity index (χ0) is 32.2. The molecular weight excluding hydrogens is 666 g/mol. The highest BCUT2D eigenvalue weighted by atomic mass is 35.5. The topological polar surface area (TPSA) is 75.7 Å². The van der Waals surface area contributed by atoms with Crippen LogP contribution in [0, 0.1) is 11.8 Å². The van der Waals surface area contributed by atoms with E-state index in [0.29, 0.717) is 52.9 Å². The first-order chi connectivity index (χ1) is 22.1. The number of nitrogens with one attached hydrogen (secondary N) is 1. The van der Waals surface area contributed by atoms with E-state index in [0.717, 1.165) is 22.3 Å². The molecule has 10 heteroatoms. The number of alkyl halides is 2. The molecule has 1 fully saturated rings. The Bertz CT molecular complexity index is 1760. The molecule has 1 saturated heterocycles. The van der Waals surface area contributed by atoms with Crippen LogP contribution in [0.2, 0.25) is 10.0 Å². The molecule has 2 bridgehead atoms. The molecule has 4 aromatic carbocycles. The Kier molecular flexibility index (Phi) is 8.05. The maximum atomic E-state index is 13.9. The van der Waals surface area contributed by atoms with Crippen molar-refractivity contribution >= 4 is 69.8 Å². The maximum absolute atomic E-state index is 13.9. The van der Waals surface area contributed by atoms with Crippen LogP contribution < -0.4 is 10.1 Å². The van der Waals surface area contributed by atoms with Gasteiger partial charge in [0.1, 0.15) is 21.2 Å². The van der Waals surface area contributed by atoms with Crippen LogP contribution in [0.25, 0.3) is 0 Å². The number of carbonyl (C=O) groups excluding carboxylic acids is 3. The summed E-state index contributed by atoms with van der Waals surface area (Å²) >= 11 is 27.1. The highest BCUT2D eigenvalue weighted by Crippen LogP contribution is 2.69. The van der Waals surface area contributed by atoms with Crippen LogP contribution >= 0.6 is 46.4 Å². The lowest BCUT2D eigenvalue weighted by atomic mass is 9.54. The van der Waals surface area contributed by atoms with Crippen LogP contribution in [0.15, 0.2) is 91.0 Å². The number of benzene rings is 4. The van der Waals surface area contributed by atoms with E-state index >= 15 is 0 Å². The van der Waals surface area contributed by atoms with E-state index in [9.17, 15) is 14.4 Å². The lowest BCUT2D eigenvalue weighted by Gasteiger charge is -2.54. The van der Waals surface area contributed by atoms with E-state index < -0.39 is 21.6 Å². The van der Waals surface area contributed by atoms with Gasteiger partial charge in [0, 0.05) is 23.7 Å². The molecule has 1 heterocycles. The average molecular weight is 694 g/mol. The monoisotopic (exact) mass is 692 g/mol. The fraction of sp³-hybridized carbons (Fsp3) is 0.250. The molecule has 1 aliphatic heterocycles. The number of hydrogen-bond acceptors (Lipinski definition) is 4.